The van der Waals surface area contributed by atoms with Gasteiger partial charge in [0.1, 0.15) is 16.5 Å². The molecule has 1 aliphatic rings. The summed E-state index contributed by atoms with van der Waals surface area (Å²) in [5, 5.41) is 0. The van der Waals surface area contributed by atoms with Crippen molar-refractivity contribution in [1.29, 1.82) is 0 Å². The van der Waals surface area contributed by atoms with E-state index in [0.29, 0.717) is 29.7 Å². The van der Waals surface area contributed by atoms with Crippen molar-refractivity contribution >= 4 is 31.9 Å². The lowest BCUT2D eigenvalue weighted by atomic mass is 10.1. The van der Waals surface area contributed by atoms with Crippen molar-refractivity contribution in [3.63, 3.8) is 0 Å². The minimum absolute atomic E-state index is 0.0232. The molecule has 10 heteroatoms. The molecule has 0 saturated carbocycles. The first-order valence-corrected chi connectivity index (χ1v) is 14.6. The molecule has 1 fully saturated rings. The third-order valence-electron chi connectivity index (χ3n) is 6.61. The second-order valence-electron chi connectivity index (χ2n) is 9.57. The molecule has 3 aromatic rings. The molecule has 6 nitrogen and oxygen atoms in total. The Kier molecular flexibility index (Phi) is 8.97. The summed E-state index contributed by atoms with van der Waals surface area (Å²) in [4.78, 5) is 16.5. The third kappa shape index (κ3) is 6.48. The van der Waals surface area contributed by atoms with Gasteiger partial charge in [0.2, 0.25) is 10.0 Å². The first-order valence-electron chi connectivity index (χ1n) is 12.4. The van der Waals surface area contributed by atoms with Gasteiger partial charge in [0.25, 0.3) is 5.91 Å². The van der Waals surface area contributed by atoms with E-state index in [9.17, 15) is 22.0 Å². The van der Waals surface area contributed by atoms with Gasteiger partial charge in [-0.05, 0) is 55.8 Å². The molecule has 0 radical (unpaired) electrons. The molecule has 3 aromatic carbocycles. The zero-order valence-corrected chi connectivity index (χ0v) is 23.7. The van der Waals surface area contributed by atoms with Crippen LogP contribution in [0, 0.1) is 11.6 Å². The lowest BCUT2D eigenvalue weighted by Gasteiger charge is -2.34. The molecule has 0 aliphatic carbocycles. The van der Waals surface area contributed by atoms with E-state index >= 15 is 0 Å². The molecule has 1 heterocycles. The average molecular weight is 607 g/mol. The summed E-state index contributed by atoms with van der Waals surface area (Å²) >= 11 is 3.32. The summed E-state index contributed by atoms with van der Waals surface area (Å²) < 4.78 is 58.0. The second-order valence-corrected chi connectivity index (χ2v) is 12.4. The van der Waals surface area contributed by atoms with Gasteiger partial charge in [-0.2, -0.15) is 4.31 Å². The molecular formula is C28H30BrF2N3O3S. The highest BCUT2D eigenvalue weighted by Gasteiger charge is 2.32. The monoisotopic (exact) mass is 605 g/mol. The number of carbonyl (C=O) groups is 1. The van der Waals surface area contributed by atoms with Crippen molar-refractivity contribution in [3.05, 3.63) is 99.5 Å². The van der Waals surface area contributed by atoms with Crippen LogP contribution in [0.5, 0.6) is 0 Å². The molecule has 1 saturated heterocycles. The molecule has 1 aliphatic heterocycles. The van der Waals surface area contributed by atoms with Crippen molar-refractivity contribution in [2.45, 2.75) is 37.9 Å². The Balaban J connectivity index is 1.52. The van der Waals surface area contributed by atoms with Crippen LogP contribution in [-0.4, -0.2) is 60.7 Å². The van der Waals surface area contributed by atoms with Crippen LogP contribution >= 0.6 is 15.9 Å². The second kappa shape index (κ2) is 12.0. The standard InChI is InChI=1S/C28H30BrF2N3O3S/c1-20(2)34(19-23-16-24(29)9-11-25(23)30)28(35)22-8-10-26(31)27(17-22)38(36,37)33-14-12-32(13-15-33)18-21-6-4-3-5-7-21/h3-11,16-17,20H,12-15,18-19H2,1-2H3. The van der Waals surface area contributed by atoms with Gasteiger partial charge in [0, 0.05) is 60.9 Å². The van der Waals surface area contributed by atoms with Gasteiger partial charge in [-0.25, -0.2) is 17.2 Å². The average Bonchev–Trinajstić information content (AvgIpc) is 2.89. The molecule has 0 N–H and O–H groups in total. The third-order valence-corrected chi connectivity index (χ3v) is 9.02. The topological polar surface area (TPSA) is 60.9 Å². The van der Waals surface area contributed by atoms with Crippen LogP contribution in [0.25, 0.3) is 0 Å². The Morgan fingerprint density at radius 3 is 2.26 bits per heavy atom. The van der Waals surface area contributed by atoms with E-state index in [0.717, 1.165) is 17.7 Å². The van der Waals surface area contributed by atoms with E-state index in [4.69, 9.17) is 0 Å². The zero-order valence-electron chi connectivity index (χ0n) is 21.3. The Hall–Kier alpha value is -2.66. The van der Waals surface area contributed by atoms with Crippen molar-refractivity contribution in [2.75, 3.05) is 26.2 Å². The minimum Gasteiger partial charge on any atom is -0.332 e. The molecule has 0 aromatic heterocycles. The van der Waals surface area contributed by atoms with Crippen LogP contribution < -0.4 is 0 Å². The van der Waals surface area contributed by atoms with Gasteiger partial charge in [-0.3, -0.25) is 9.69 Å². The number of amides is 1. The van der Waals surface area contributed by atoms with Crippen LogP contribution in [-0.2, 0) is 23.1 Å². The maximum atomic E-state index is 14.9. The molecule has 0 atom stereocenters. The van der Waals surface area contributed by atoms with Gasteiger partial charge < -0.3 is 4.90 Å². The predicted molar refractivity (Wildman–Crippen MR) is 146 cm³/mol. The Labute approximate surface area is 231 Å². The normalized spacial score (nSPS) is 15.1. The summed E-state index contributed by atoms with van der Waals surface area (Å²) in [6.45, 7) is 5.69. The number of hydrogen-bond donors (Lipinski definition) is 0. The maximum absolute atomic E-state index is 14.9. The maximum Gasteiger partial charge on any atom is 0.254 e. The fourth-order valence-electron chi connectivity index (χ4n) is 4.45. The number of piperazine rings is 1. The quantitative estimate of drug-likeness (QED) is 0.350. The number of halogens is 3. The van der Waals surface area contributed by atoms with Gasteiger partial charge in [-0.15, -0.1) is 0 Å². The van der Waals surface area contributed by atoms with E-state index in [1.807, 2.05) is 30.3 Å². The van der Waals surface area contributed by atoms with Crippen molar-refractivity contribution in [2.24, 2.45) is 0 Å². The summed E-state index contributed by atoms with van der Waals surface area (Å²) in [5.41, 5.74) is 1.47. The Morgan fingerprint density at radius 1 is 0.947 bits per heavy atom. The van der Waals surface area contributed by atoms with Crippen molar-refractivity contribution in [1.82, 2.24) is 14.1 Å². The summed E-state index contributed by atoms with van der Waals surface area (Å²) in [5.74, 6) is -1.88. The molecule has 4 rings (SSSR count). The fourth-order valence-corrected chi connectivity index (χ4v) is 6.37. The number of hydrogen-bond acceptors (Lipinski definition) is 4. The highest BCUT2D eigenvalue weighted by Crippen LogP contribution is 2.25. The first kappa shape index (κ1) is 28.4. The lowest BCUT2D eigenvalue weighted by Crippen LogP contribution is -2.48. The highest BCUT2D eigenvalue weighted by atomic mass is 79.9. The molecule has 0 unspecified atom stereocenters. The van der Waals surface area contributed by atoms with E-state index in [1.165, 1.54) is 21.3 Å². The van der Waals surface area contributed by atoms with Crippen molar-refractivity contribution < 1.29 is 22.0 Å². The molecule has 0 spiro atoms. The smallest absolute Gasteiger partial charge is 0.254 e. The summed E-state index contributed by atoms with van der Waals surface area (Å²) in [6.07, 6.45) is 0. The molecule has 38 heavy (non-hydrogen) atoms. The Morgan fingerprint density at radius 2 is 1.61 bits per heavy atom. The largest absolute Gasteiger partial charge is 0.332 e. The zero-order chi connectivity index (χ0) is 27.4. The summed E-state index contributed by atoms with van der Waals surface area (Å²) in [7, 11) is -4.17. The SMILES string of the molecule is CC(C)N(Cc1cc(Br)ccc1F)C(=O)c1ccc(F)c(S(=O)(=O)N2CCN(Cc3ccccc3)CC2)c1. The van der Waals surface area contributed by atoms with Gasteiger partial charge in [0.05, 0.1) is 0 Å². The van der Waals surface area contributed by atoms with Crippen LogP contribution in [0.4, 0.5) is 8.78 Å². The van der Waals surface area contributed by atoms with Gasteiger partial charge in [0.15, 0.2) is 0 Å². The minimum atomic E-state index is -4.17. The Bertz CT molecular complexity index is 1400. The van der Waals surface area contributed by atoms with Crippen molar-refractivity contribution in [3.8, 4) is 0 Å². The van der Waals surface area contributed by atoms with E-state index in [2.05, 4.69) is 20.8 Å². The summed E-state index contributed by atoms with van der Waals surface area (Å²) in [6, 6.07) is 17.4. The van der Waals surface area contributed by atoms with Gasteiger partial charge >= 0.3 is 0 Å². The number of benzene rings is 3. The number of carbonyl (C=O) groups excluding carboxylic acids is 1. The predicted octanol–water partition coefficient (Wildman–Crippen LogP) is 5.28. The number of sulfonamides is 1. The first-order chi connectivity index (χ1) is 18.1. The fraction of sp³-hybridized carbons (Fsp3) is 0.321. The number of rotatable bonds is 8. The van der Waals surface area contributed by atoms with E-state index in [-0.39, 0.29) is 31.2 Å². The number of nitrogens with zero attached hydrogens (tertiary/aromatic N) is 3. The molecule has 0 bridgehead atoms. The molecular weight excluding hydrogens is 576 g/mol. The highest BCUT2D eigenvalue weighted by molar-refractivity contribution is 9.10. The van der Waals surface area contributed by atoms with Crippen LogP contribution in [0.1, 0.15) is 35.3 Å². The van der Waals surface area contributed by atoms with Crippen LogP contribution in [0.2, 0.25) is 0 Å². The van der Waals surface area contributed by atoms with Crippen LogP contribution in [0.15, 0.2) is 76.1 Å². The van der Waals surface area contributed by atoms with E-state index < -0.39 is 32.5 Å². The molecule has 1 amide bonds. The lowest BCUT2D eigenvalue weighted by molar-refractivity contribution is 0.0688. The van der Waals surface area contributed by atoms with Gasteiger partial charge in [-0.1, -0.05) is 46.3 Å². The van der Waals surface area contributed by atoms with Crippen LogP contribution in [0.3, 0.4) is 0 Å². The molecule has 202 valence electrons. The van der Waals surface area contributed by atoms with E-state index in [1.54, 1.807) is 26.0 Å².